The fraction of sp³-hybridized carbons (Fsp3) is 0.318. The third-order valence-corrected chi connectivity index (χ3v) is 4.81. The van der Waals surface area contributed by atoms with Gasteiger partial charge < -0.3 is 14.6 Å². The standard InChI is InChI=1S/C22H26N4O3/c1-3-25(4-2)16-6-15-23-20-8-5-7-17-9-10-18(24-22(17)20)11-12-19-13-14-21(29-19)26(27)28/h5,7-14,23H,3-4,6,15-16H2,1-2H3/b12-11-. The van der Waals surface area contributed by atoms with Crippen molar-refractivity contribution < 1.29 is 9.34 Å². The Morgan fingerprint density at radius 3 is 2.69 bits per heavy atom. The highest BCUT2D eigenvalue weighted by atomic mass is 16.6. The summed E-state index contributed by atoms with van der Waals surface area (Å²) < 4.78 is 5.15. The van der Waals surface area contributed by atoms with E-state index in [1.807, 2.05) is 30.3 Å². The van der Waals surface area contributed by atoms with E-state index in [2.05, 4.69) is 24.1 Å². The molecule has 0 atom stereocenters. The number of hydrogen-bond acceptors (Lipinski definition) is 6. The van der Waals surface area contributed by atoms with Crippen molar-refractivity contribution in [2.24, 2.45) is 0 Å². The Bertz CT molecular complexity index is 993. The molecule has 7 nitrogen and oxygen atoms in total. The van der Waals surface area contributed by atoms with Gasteiger partial charge in [0.25, 0.3) is 0 Å². The first-order chi connectivity index (χ1) is 14.1. The summed E-state index contributed by atoms with van der Waals surface area (Å²) in [5.41, 5.74) is 2.67. The number of fused-ring (bicyclic) bond motifs is 1. The number of nitrogens with one attached hydrogen (secondary N) is 1. The van der Waals surface area contributed by atoms with Crippen molar-refractivity contribution in [2.45, 2.75) is 20.3 Å². The van der Waals surface area contributed by atoms with Gasteiger partial charge in [-0.05, 0) is 56.4 Å². The van der Waals surface area contributed by atoms with E-state index in [0.29, 0.717) is 5.76 Å². The van der Waals surface area contributed by atoms with Crippen LogP contribution in [0.4, 0.5) is 11.6 Å². The minimum Gasteiger partial charge on any atom is -0.401 e. The Morgan fingerprint density at radius 2 is 1.97 bits per heavy atom. The number of anilines is 1. The molecule has 29 heavy (non-hydrogen) atoms. The van der Waals surface area contributed by atoms with Gasteiger partial charge in [-0.3, -0.25) is 10.1 Å². The van der Waals surface area contributed by atoms with Crippen LogP contribution in [0.5, 0.6) is 0 Å². The lowest BCUT2D eigenvalue weighted by Crippen LogP contribution is -2.25. The average Bonchev–Trinajstić information content (AvgIpc) is 3.22. The number of nitro groups is 1. The molecule has 0 saturated heterocycles. The Labute approximate surface area is 170 Å². The SMILES string of the molecule is CCN(CC)CCCNc1cccc2ccc(/C=C\c3ccc([N+](=O)[O-])o3)nc12. The molecule has 1 N–H and O–H groups in total. The van der Waals surface area contributed by atoms with E-state index in [-0.39, 0.29) is 5.88 Å². The fourth-order valence-electron chi connectivity index (χ4n) is 3.16. The van der Waals surface area contributed by atoms with Gasteiger partial charge in [-0.25, -0.2) is 4.98 Å². The lowest BCUT2D eigenvalue weighted by molar-refractivity contribution is -0.402. The summed E-state index contributed by atoms with van der Waals surface area (Å²) in [4.78, 5) is 17.3. The molecule has 152 valence electrons. The quantitative estimate of drug-likeness (QED) is 0.294. The smallest absolute Gasteiger partial charge is 0.401 e. The predicted molar refractivity (Wildman–Crippen MR) is 117 cm³/mol. The fourth-order valence-corrected chi connectivity index (χ4v) is 3.16. The number of pyridine rings is 1. The van der Waals surface area contributed by atoms with E-state index in [1.165, 1.54) is 6.07 Å². The normalized spacial score (nSPS) is 11.6. The molecule has 1 aromatic carbocycles. The van der Waals surface area contributed by atoms with Crippen LogP contribution in [0.3, 0.4) is 0 Å². The van der Waals surface area contributed by atoms with Crippen LogP contribution >= 0.6 is 0 Å². The van der Waals surface area contributed by atoms with Crippen molar-refractivity contribution in [1.82, 2.24) is 9.88 Å². The minimum absolute atomic E-state index is 0.271. The van der Waals surface area contributed by atoms with Crippen LogP contribution in [0, 0.1) is 10.1 Å². The number of aromatic nitrogens is 1. The predicted octanol–water partition coefficient (Wildman–Crippen LogP) is 5.05. The second kappa shape index (κ2) is 9.84. The largest absolute Gasteiger partial charge is 0.433 e. The van der Waals surface area contributed by atoms with Crippen LogP contribution in [0.2, 0.25) is 0 Å². The van der Waals surface area contributed by atoms with Gasteiger partial charge in [0, 0.05) is 11.9 Å². The van der Waals surface area contributed by atoms with E-state index < -0.39 is 4.92 Å². The van der Waals surface area contributed by atoms with Gasteiger partial charge >= 0.3 is 5.88 Å². The summed E-state index contributed by atoms with van der Waals surface area (Å²) in [5.74, 6) is 0.147. The van der Waals surface area contributed by atoms with Crippen molar-refractivity contribution >= 4 is 34.6 Å². The van der Waals surface area contributed by atoms with E-state index in [1.54, 1.807) is 18.2 Å². The van der Waals surface area contributed by atoms with Gasteiger partial charge in [0.15, 0.2) is 0 Å². The molecular formula is C22H26N4O3. The van der Waals surface area contributed by atoms with E-state index >= 15 is 0 Å². The molecule has 0 spiro atoms. The van der Waals surface area contributed by atoms with Crippen molar-refractivity contribution in [2.75, 3.05) is 31.5 Å². The van der Waals surface area contributed by atoms with Crippen LogP contribution in [-0.4, -0.2) is 41.0 Å². The molecule has 0 bridgehead atoms. The molecule has 2 aromatic heterocycles. The molecule has 7 heteroatoms. The second-order valence-corrected chi connectivity index (χ2v) is 6.69. The third-order valence-electron chi connectivity index (χ3n) is 4.81. The van der Waals surface area contributed by atoms with Gasteiger partial charge in [0.05, 0.1) is 23.0 Å². The van der Waals surface area contributed by atoms with Crippen molar-refractivity contribution in [3.8, 4) is 0 Å². The molecular weight excluding hydrogens is 368 g/mol. The Kier molecular flexibility index (Phi) is 6.97. The van der Waals surface area contributed by atoms with E-state index in [4.69, 9.17) is 9.40 Å². The lowest BCUT2D eigenvalue weighted by Gasteiger charge is -2.18. The first-order valence-corrected chi connectivity index (χ1v) is 9.89. The van der Waals surface area contributed by atoms with Crippen molar-refractivity contribution in [3.05, 3.63) is 64.0 Å². The summed E-state index contributed by atoms with van der Waals surface area (Å²) in [6, 6.07) is 12.9. The number of hydrogen-bond donors (Lipinski definition) is 1. The van der Waals surface area contributed by atoms with E-state index in [0.717, 1.165) is 54.9 Å². The van der Waals surface area contributed by atoms with Crippen molar-refractivity contribution in [1.29, 1.82) is 0 Å². The molecule has 0 fully saturated rings. The van der Waals surface area contributed by atoms with Crippen LogP contribution < -0.4 is 5.32 Å². The molecule has 0 saturated carbocycles. The molecule has 0 aliphatic rings. The third kappa shape index (κ3) is 5.42. The zero-order valence-electron chi connectivity index (χ0n) is 16.8. The average molecular weight is 394 g/mol. The summed E-state index contributed by atoms with van der Waals surface area (Å²) in [5, 5.41) is 15.3. The molecule has 0 aliphatic heterocycles. The first kappa shape index (κ1) is 20.5. The summed E-state index contributed by atoms with van der Waals surface area (Å²) >= 11 is 0. The Balaban J connectivity index is 1.71. The number of nitrogens with zero attached hydrogens (tertiary/aromatic N) is 3. The maximum atomic E-state index is 10.7. The molecule has 3 aromatic rings. The molecule has 0 unspecified atom stereocenters. The molecule has 0 radical (unpaired) electrons. The number of para-hydroxylation sites is 1. The first-order valence-electron chi connectivity index (χ1n) is 9.89. The van der Waals surface area contributed by atoms with E-state index in [9.17, 15) is 10.1 Å². The van der Waals surface area contributed by atoms with Crippen LogP contribution in [0.15, 0.2) is 46.9 Å². The topological polar surface area (TPSA) is 84.4 Å². The second-order valence-electron chi connectivity index (χ2n) is 6.69. The minimum atomic E-state index is -0.552. The summed E-state index contributed by atoms with van der Waals surface area (Å²) in [6.07, 6.45) is 4.54. The van der Waals surface area contributed by atoms with Crippen LogP contribution in [0.25, 0.3) is 23.1 Å². The van der Waals surface area contributed by atoms with Crippen LogP contribution in [0.1, 0.15) is 31.7 Å². The number of benzene rings is 1. The summed E-state index contributed by atoms with van der Waals surface area (Å²) in [6.45, 7) is 8.46. The highest BCUT2D eigenvalue weighted by Gasteiger charge is 2.10. The Hall–Kier alpha value is -3.19. The maximum Gasteiger partial charge on any atom is 0.433 e. The lowest BCUT2D eigenvalue weighted by atomic mass is 10.1. The zero-order valence-corrected chi connectivity index (χ0v) is 16.8. The zero-order chi connectivity index (χ0) is 20.6. The number of furan rings is 1. The monoisotopic (exact) mass is 394 g/mol. The molecule has 2 heterocycles. The van der Waals surface area contributed by atoms with Gasteiger partial charge in [-0.2, -0.15) is 0 Å². The van der Waals surface area contributed by atoms with Gasteiger partial charge in [0.1, 0.15) is 10.7 Å². The Morgan fingerprint density at radius 1 is 1.14 bits per heavy atom. The highest BCUT2D eigenvalue weighted by Crippen LogP contribution is 2.23. The van der Waals surface area contributed by atoms with Crippen LogP contribution in [-0.2, 0) is 0 Å². The molecule has 3 rings (SSSR count). The maximum absolute atomic E-state index is 10.7. The van der Waals surface area contributed by atoms with Gasteiger partial charge in [-0.1, -0.05) is 32.0 Å². The van der Waals surface area contributed by atoms with Gasteiger partial charge in [-0.15, -0.1) is 0 Å². The molecule has 0 aliphatic carbocycles. The highest BCUT2D eigenvalue weighted by molar-refractivity contribution is 5.91. The molecule has 0 amide bonds. The van der Waals surface area contributed by atoms with Crippen molar-refractivity contribution in [3.63, 3.8) is 0 Å². The van der Waals surface area contributed by atoms with Gasteiger partial charge in [0.2, 0.25) is 0 Å². The summed E-state index contributed by atoms with van der Waals surface area (Å²) in [7, 11) is 0. The number of rotatable bonds is 10.